The van der Waals surface area contributed by atoms with Crippen LogP contribution in [0.5, 0.6) is 11.5 Å². The predicted octanol–water partition coefficient (Wildman–Crippen LogP) is 1.31. The number of halogens is 2. The quantitative estimate of drug-likeness (QED) is 0.329. The van der Waals surface area contributed by atoms with E-state index in [9.17, 15) is 28.3 Å². The van der Waals surface area contributed by atoms with E-state index >= 15 is 0 Å². The molecule has 2 amide bonds. The average Bonchev–Trinajstić information content (AvgIpc) is 3.43. The molecule has 1 aromatic heterocycles. The molecule has 0 unspecified atom stereocenters. The van der Waals surface area contributed by atoms with Crippen LogP contribution >= 0.6 is 0 Å². The van der Waals surface area contributed by atoms with E-state index in [1.165, 1.54) is 16.0 Å². The Bertz CT molecular complexity index is 1300. The molecule has 1 aromatic rings. The highest BCUT2D eigenvalue weighted by molar-refractivity contribution is 6.69. The van der Waals surface area contributed by atoms with Crippen LogP contribution < -0.4 is 10.1 Å². The SMILES string of the molecule is C=C(CCNC(=O)CN1C(=N)C(=N)C(=O)C(N2CCN(C(=O)c3ncc4c(c3O)CCO4)CC2)=C1CC)C(F)F. The van der Waals surface area contributed by atoms with Gasteiger partial charge in [-0.2, -0.15) is 0 Å². The van der Waals surface area contributed by atoms with Gasteiger partial charge in [-0.15, -0.1) is 0 Å². The number of alkyl halides is 2. The highest BCUT2D eigenvalue weighted by Gasteiger charge is 2.39. The molecule has 40 heavy (non-hydrogen) atoms. The number of pyridine rings is 1. The van der Waals surface area contributed by atoms with Crippen LogP contribution in [-0.4, -0.2) is 106 Å². The van der Waals surface area contributed by atoms with E-state index in [2.05, 4.69) is 16.9 Å². The van der Waals surface area contributed by atoms with Gasteiger partial charge in [-0.3, -0.25) is 25.2 Å². The summed E-state index contributed by atoms with van der Waals surface area (Å²) in [5, 5.41) is 29.6. The van der Waals surface area contributed by atoms with Crippen LogP contribution in [0.25, 0.3) is 0 Å². The molecule has 0 spiro atoms. The summed E-state index contributed by atoms with van der Waals surface area (Å²) in [4.78, 5) is 47.4. The summed E-state index contributed by atoms with van der Waals surface area (Å²) in [5.74, 6) is -1.81. The average molecular weight is 560 g/mol. The third-order valence-electron chi connectivity index (χ3n) is 7.08. The van der Waals surface area contributed by atoms with Crippen LogP contribution in [0.2, 0.25) is 0 Å². The van der Waals surface area contributed by atoms with Gasteiger partial charge in [-0.05, 0) is 18.4 Å². The smallest absolute Gasteiger partial charge is 0.276 e. The maximum atomic E-state index is 13.1. The van der Waals surface area contributed by atoms with E-state index in [0.717, 1.165) is 0 Å². The van der Waals surface area contributed by atoms with Gasteiger partial charge < -0.3 is 29.9 Å². The Morgan fingerprint density at radius 1 is 1.25 bits per heavy atom. The number of hydrogen-bond acceptors (Lipinski definition) is 9. The summed E-state index contributed by atoms with van der Waals surface area (Å²) >= 11 is 0. The molecule has 4 rings (SSSR count). The number of hydrogen-bond donors (Lipinski definition) is 4. The first kappa shape index (κ1) is 28.6. The standard InChI is InChI=1S/C26H31F2N7O5/c1-3-16-21(23(38)19(29)25(30)35(16)13-18(36)31-6-4-14(2)24(27)28)33-7-9-34(10-8-33)26(39)20-22(37)15-5-11-40-17(15)12-32-20/h12,24,29-30,37H,2-11,13H2,1H3,(H,31,36). The van der Waals surface area contributed by atoms with Crippen molar-refractivity contribution < 1.29 is 33.0 Å². The van der Waals surface area contributed by atoms with Crippen LogP contribution in [0, 0.1) is 10.8 Å². The van der Waals surface area contributed by atoms with Gasteiger partial charge in [-0.1, -0.05) is 13.5 Å². The highest BCUT2D eigenvalue weighted by atomic mass is 19.3. The van der Waals surface area contributed by atoms with E-state index < -0.39 is 35.6 Å². The van der Waals surface area contributed by atoms with Crippen LogP contribution in [0.1, 0.15) is 35.8 Å². The number of amides is 2. The molecular weight excluding hydrogens is 528 g/mol. The topological polar surface area (TPSA) is 163 Å². The van der Waals surface area contributed by atoms with Gasteiger partial charge in [0, 0.05) is 50.4 Å². The first-order chi connectivity index (χ1) is 19.0. The lowest BCUT2D eigenvalue weighted by Gasteiger charge is -2.41. The molecule has 3 aliphatic heterocycles. The minimum atomic E-state index is -2.68. The predicted molar refractivity (Wildman–Crippen MR) is 140 cm³/mol. The lowest BCUT2D eigenvalue weighted by Crippen LogP contribution is -2.55. The van der Waals surface area contributed by atoms with Crippen molar-refractivity contribution in [3.8, 4) is 11.5 Å². The maximum Gasteiger partial charge on any atom is 0.276 e. The Labute approximate surface area is 229 Å². The molecule has 0 atom stereocenters. The molecule has 12 nitrogen and oxygen atoms in total. The third-order valence-corrected chi connectivity index (χ3v) is 7.08. The van der Waals surface area contributed by atoms with Crippen LogP contribution in [0.4, 0.5) is 8.78 Å². The number of rotatable bonds is 9. The van der Waals surface area contributed by atoms with Gasteiger partial charge in [0.15, 0.2) is 17.3 Å². The molecule has 14 heteroatoms. The van der Waals surface area contributed by atoms with Crippen molar-refractivity contribution in [2.24, 2.45) is 0 Å². The number of nitrogens with zero attached hydrogens (tertiary/aromatic N) is 4. The van der Waals surface area contributed by atoms with Gasteiger partial charge in [0.05, 0.1) is 12.8 Å². The number of aromatic nitrogens is 1. The van der Waals surface area contributed by atoms with Crippen molar-refractivity contribution in [2.75, 3.05) is 45.9 Å². The van der Waals surface area contributed by atoms with Crippen LogP contribution in [-0.2, 0) is 16.0 Å². The third kappa shape index (κ3) is 5.51. The molecule has 1 fully saturated rings. The van der Waals surface area contributed by atoms with E-state index in [4.69, 9.17) is 15.6 Å². The number of fused-ring (bicyclic) bond motifs is 1. The lowest BCUT2D eigenvalue weighted by molar-refractivity contribution is -0.121. The van der Waals surface area contributed by atoms with Gasteiger partial charge in [-0.25, -0.2) is 13.8 Å². The van der Waals surface area contributed by atoms with Crippen molar-refractivity contribution in [1.29, 1.82) is 10.8 Å². The van der Waals surface area contributed by atoms with Crippen LogP contribution in [0.3, 0.4) is 0 Å². The number of ketones is 1. The van der Waals surface area contributed by atoms with Crippen molar-refractivity contribution in [3.05, 3.63) is 41.0 Å². The Morgan fingerprint density at radius 3 is 2.60 bits per heavy atom. The molecule has 1 saturated heterocycles. The molecule has 3 aliphatic rings. The summed E-state index contributed by atoms with van der Waals surface area (Å²) < 4.78 is 30.7. The molecule has 4 N–H and O–H groups in total. The zero-order valence-corrected chi connectivity index (χ0v) is 22.1. The number of amidine groups is 1. The fraction of sp³-hybridized carbons (Fsp3) is 0.462. The van der Waals surface area contributed by atoms with Crippen molar-refractivity contribution in [2.45, 2.75) is 32.6 Å². The summed E-state index contributed by atoms with van der Waals surface area (Å²) in [6.45, 7) is 5.90. The maximum absolute atomic E-state index is 13.1. The number of carbonyl (C=O) groups excluding carboxylic acids is 3. The molecule has 0 saturated carbocycles. The van der Waals surface area contributed by atoms with Gasteiger partial charge >= 0.3 is 0 Å². The van der Waals surface area contributed by atoms with Crippen molar-refractivity contribution >= 4 is 29.1 Å². The monoisotopic (exact) mass is 559 g/mol. The number of allylic oxidation sites excluding steroid dienone is 2. The second-order valence-electron chi connectivity index (χ2n) is 9.52. The number of aromatic hydroxyl groups is 1. The van der Waals surface area contributed by atoms with E-state index in [0.29, 0.717) is 30.0 Å². The second-order valence-corrected chi connectivity index (χ2v) is 9.52. The Morgan fingerprint density at radius 2 is 1.95 bits per heavy atom. The largest absolute Gasteiger partial charge is 0.505 e. The Balaban J connectivity index is 1.46. The van der Waals surface area contributed by atoms with E-state index in [1.54, 1.807) is 11.8 Å². The molecular formula is C26H31F2N7O5. The summed E-state index contributed by atoms with van der Waals surface area (Å²) in [6.07, 6.45) is -0.608. The normalized spacial score (nSPS) is 17.4. The molecule has 4 heterocycles. The zero-order valence-electron chi connectivity index (χ0n) is 22.1. The molecule has 0 aromatic carbocycles. The minimum absolute atomic E-state index is 0.0603. The number of nitrogens with one attached hydrogen (secondary N) is 3. The molecule has 0 radical (unpaired) electrons. The van der Waals surface area contributed by atoms with Gasteiger partial charge in [0.1, 0.15) is 23.7 Å². The summed E-state index contributed by atoms with van der Waals surface area (Å²) in [5.41, 5.74) is 0.180. The number of piperazine rings is 1. The lowest BCUT2D eigenvalue weighted by atomic mass is 9.99. The highest BCUT2D eigenvalue weighted by Crippen LogP contribution is 2.34. The minimum Gasteiger partial charge on any atom is -0.505 e. The Kier molecular flexibility index (Phi) is 8.45. The van der Waals surface area contributed by atoms with Crippen molar-refractivity contribution in [1.82, 2.24) is 25.0 Å². The number of carbonyl (C=O) groups is 3. The van der Waals surface area contributed by atoms with E-state index in [1.807, 2.05) is 0 Å². The van der Waals surface area contributed by atoms with Crippen LogP contribution in [0.15, 0.2) is 29.7 Å². The summed E-state index contributed by atoms with van der Waals surface area (Å²) in [6, 6.07) is 0. The first-order valence-corrected chi connectivity index (χ1v) is 12.9. The number of Topliss-reactive ketones (excluding diaryl/α,β-unsaturated/α-hetero) is 1. The summed E-state index contributed by atoms with van der Waals surface area (Å²) in [7, 11) is 0. The van der Waals surface area contributed by atoms with Gasteiger partial charge in [0.25, 0.3) is 12.3 Å². The van der Waals surface area contributed by atoms with E-state index in [-0.39, 0.29) is 74.8 Å². The first-order valence-electron chi connectivity index (χ1n) is 12.9. The molecule has 0 aliphatic carbocycles. The zero-order chi connectivity index (χ0) is 29.1. The molecule has 0 bridgehead atoms. The van der Waals surface area contributed by atoms with Gasteiger partial charge in [0.2, 0.25) is 11.7 Å². The van der Waals surface area contributed by atoms with Crippen molar-refractivity contribution in [3.63, 3.8) is 0 Å². The molecule has 214 valence electrons. The Hall–Kier alpha value is -4.36. The fourth-order valence-electron chi connectivity index (χ4n) is 4.88. The number of ether oxygens (including phenoxy) is 1. The second kappa shape index (κ2) is 11.8. The fourth-order valence-corrected chi connectivity index (χ4v) is 4.88.